The maximum absolute atomic E-state index is 11.3. The lowest BCUT2D eigenvalue weighted by Gasteiger charge is -2.57. The Balaban J connectivity index is 1.80. The molecule has 128 valence electrons. The lowest BCUT2D eigenvalue weighted by Crippen LogP contribution is -2.48. The third kappa shape index (κ3) is 2.88. The zero-order valence-electron chi connectivity index (χ0n) is 14.9. The zero-order valence-corrected chi connectivity index (χ0v) is 14.9. The third-order valence-electron chi connectivity index (χ3n) is 6.87. The van der Waals surface area contributed by atoms with Crippen molar-refractivity contribution in [1.82, 2.24) is 0 Å². The minimum atomic E-state index is -1.03. The molecule has 1 fully saturated rings. The van der Waals surface area contributed by atoms with Crippen LogP contribution in [0.4, 0.5) is 0 Å². The Hall–Kier alpha value is -1.09. The first-order valence-electron chi connectivity index (χ1n) is 9.00. The number of ether oxygens (including phenoxy) is 1. The first-order valence-corrected chi connectivity index (χ1v) is 9.00. The van der Waals surface area contributed by atoms with E-state index in [0.717, 1.165) is 24.3 Å². The molecule has 3 nitrogen and oxygen atoms in total. The Morgan fingerprint density at radius 3 is 2.70 bits per heavy atom. The smallest absolute Gasteiger partial charge is 0.333 e. The van der Waals surface area contributed by atoms with Gasteiger partial charge in [-0.3, -0.25) is 0 Å². The van der Waals surface area contributed by atoms with Gasteiger partial charge < -0.3 is 9.84 Å². The van der Waals surface area contributed by atoms with Crippen molar-refractivity contribution in [3.8, 4) is 0 Å². The van der Waals surface area contributed by atoms with Gasteiger partial charge in [-0.2, -0.15) is 0 Å². The molecule has 0 radical (unpaired) electrons. The Labute approximate surface area is 139 Å². The normalized spacial score (nSPS) is 39.3. The van der Waals surface area contributed by atoms with Gasteiger partial charge in [0.15, 0.2) is 0 Å². The van der Waals surface area contributed by atoms with Crippen LogP contribution in [0.15, 0.2) is 23.3 Å². The molecule has 1 heterocycles. The van der Waals surface area contributed by atoms with E-state index in [2.05, 4.69) is 33.8 Å². The number of esters is 1. The van der Waals surface area contributed by atoms with Crippen LogP contribution in [0.2, 0.25) is 0 Å². The van der Waals surface area contributed by atoms with Crippen LogP contribution < -0.4 is 0 Å². The number of hydrogen-bond donors (Lipinski definition) is 1. The molecule has 0 amide bonds. The highest BCUT2D eigenvalue weighted by Crippen LogP contribution is 2.60. The fourth-order valence-corrected chi connectivity index (χ4v) is 5.64. The van der Waals surface area contributed by atoms with E-state index in [4.69, 9.17) is 4.74 Å². The molecule has 3 heteroatoms. The number of carbonyl (C=O) groups excluding carboxylic acids is 1. The van der Waals surface area contributed by atoms with E-state index in [1.807, 2.05) is 0 Å². The van der Waals surface area contributed by atoms with Gasteiger partial charge in [0.2, 0.25) is 6.29 Å². The molecule has 1 N–H and O–H groups in total. The first-order chi connectivity index (χ1) is 10.7. The number of cyclic esters (lactones) is 1. The molecule has 3 rings (SSSR count). The zero-order chi connectivity index (χ0) is 16.8. The van der Waals surface area contributed by atoms with E-state index in [1.165, 1.54) is 37.3 Å². The Bertz CT molecular complexity index is 557. The van der Waals surface area contributed by atoms with Gasteiger partial charge in [0.25, 0.3) is 0 Å². The molecule has 2 aliphatic carbocycles. The summed E-state index contributed by atoms with van der Waals surface area (Å²) in [5.74, 6) is 0.841. The second-order valence-electron chi connectivity index (χ2n) is 8.68. The van der Waals surface area contributed by atoms with Gasteiger partial charge in [-0.1, -0.05) is 38.8 Å². The van der Waals surface area contributed by atoms with Crippen LogP contribution in [0.25, 0.3) is 0 Å². The Morgan fingerprint density at radius 1 is 1.30 bits per heavy atom. The molecule has 0 aromatic rings. The van der Waals surface area contributed by atoms with Crippen LogP contribution >= 0.6 is 0 Å². The van der Waals surface area contributed by atoms with E-state index in [1.54, 1.807) is 0 Å². The van der Waals surface area contributed by atoms with Crippen molar-refractivity contribution >= 4 is 5.97 Å². The second kappa shape index (κ2) is 5.77. The summed E-state index contributed by atoms with van der Waals surface area (Å²) in [4.78, 5) is 11.3. The molecule has 1 aliphatic heterocycles. The highest BCUT2D eigenvalue weighted by molar-refractivity contribution is 5.85. The molecule has 23 heavy (non-hydrogen) atoms. The number of hydrogen-bond acceptors (Lipinski definition) is 3. The van der Waals surface area contributed by atoms with E-state index in [0.29, 0.717) is 16.7 Å². The quantitative estimate of drug-likeness (QED) is 0.621. The summed E-state index contributed by atoms with van der Waals surface area (Å²) in [6, 6.07) is 0. The van der Waals surface area contributed by atoms with Crippen molar-refractivity contribution in [2.45, 2.75) is 72.5 Å². The average Bonchev–Trinajstić information content (AvgIpc) is 2.75. The molecule has 3 aliphatic rings. The standard InChI is InChI=1S/C20H30O3/c1-13-6-9-16-19(2,3)10-5-11-20(16,4)15(13)8-7-14-12-17(21)23-18(14)22/h6,12,15-16,18,22H,5,7-11H2,1-4H3/t15-,16-,18+,20+/m1/s1. The van der Waals surface area contributed by atoms with Gasteiger partial charge in [-0.25, -0.2) is 4.79 Å². The van der Waals surface area contributed by atoms with Gasteiger partial charge >= 0.3 is 5.97 Å². The van der Waals surface area contributed by atoms with Crippen LogP contribution in [-0.2, 0) is 9.53 Å². The molecule has 4 atom stereocenters. The monoisotopic (exact) mass is 318 g/mol. The van der Waals surface area contributed by atoms with Gasteiger partial charge in [-0.05, 0) is 61.7 Å². The number of allylic oxidation sites excluding steroid dienone is 2. The largest absolute Gasteiger partial charge is 0.429 e. The fraction of sp³-hybridized carbons (Fsp3) is 0.750. The number of rotatable bonds is 3. The molecule has 0 aromatic carbocycles. The summed E-state index contributed by atoms with van der Waals surface area (Å²) in [6.45, 7) is 9.59. The predicted molar refractivity (Wildman–Crippen MR) is 90.5 cm³/mol. The average molecular weight is 318 g/mol. The van der Waals surface area contributed by atoms with E-state index in [-0.39, 0.29) is 0 Å². The van der Waals surface area contributed by atoms with Crippen molar-refractivity contribution in [3.63, 3.8) is 0 Å². The lowest BCUT2D eigenvalue weighted by molar-refractivity contribution is -0.151. The van der Waals surface area contributed by atoms with Gasteiger partial charge in [-0.15, -0.1) is 0 Å². The van der Waals surface area contributed by atoms with Crippen LogP contribution in [0.3, 0.4) is 0 Å². The van der Waals surface area contributed by atoms with Crippen LogP contribution in [0, 0.1) is 22.7 Å². The van der Waals surface area contributed by atoms with Crippen LogP contribution in [-0.4, -0.2) is 17.4 Å². The summed E-state index contributed by atoms with van der Waals surface area (Å²) in [6.07, 6.45) is 9.71. The summed E-state index contributed by atoms with van der Waals surface area (Å²) < 4.78 is 4.81. The third-order valence-corrected chi connectivity index (χ3v) is 6.87. The van der Waals surface area contributed by atoms with Gasteiger partial charge in [0.1, 0.15) is 0 Å². The van der Waals surface area contributed by atoms with Crippen molar-refractivity contribution < 1.29 is 14.6 Å². The molecule has 0 saturated heterocycles. The second-order valence-corrected chi connectivity index (χ2v) is 8.68. The summed E-state index contributed by atoms with van der Waals surface area (Å²) in [5.41, 5.74) is 2.95. The minimum absolute atomic E-state index is 0.329. The number of aliphatic hydroxyl groups excluding tert-OH is 1. The topological polar surface area (TPSA) is 46.5 Å². The molecule has 1 saturated carbocycles. The predicted octanol–water partition coefficient (Wildman–Crippen LogP) is 4.37. The van der Waals surface area contributed by atoms with Crippen molar-refractivity contribution in [3.05, 3.63) is 23.3 Å². The van der Waals surface area contributed by atoms with Gasteiger partial charge in [0, 0.05) is 11.6 Å². The van der Waals surface area contributed by atoms with Crippen LogP contribution in [0.1, 0.15) is 66.2 Å². The molecule has 0 bridgehead atoms. The van der Waals surface area contributed by atoms with Crippen molar-refractivity contribution in [2.24, 2.45) is 22.7 Å². The molecule has 0 aromatic heterocycles. The van der Waals surface area contributed by atoms with Gasteiger partial charge in [0.05, 0.1) is 0 Å². The first kappa shape index (κ1) is 16.8. The van der Waals surface area contributed by atoms with E-state index in [9.17, 15) is 9.90 Å². The molecular formula is C20H30O3. The SMILES string of the molecule is CC1=CC[C@@H]2C(C)(C)CCC[C@@]2(C)[C@@H]1CCC1=CC(=O)O[C@@H]1O. The van der Waals surface area contributed by atoms with Crippen molar-refractivity contribution in [2.75, 3.05) is 0 Å². The summed E-state index contributed by atoms with van der Waals surface area (Å²) in [5, 5.41) is 9.81. The maximum atomic E-state index is 11.3. The summed E-state index contributed by atoms with van der Waals surface area (Å²) >= 11 is 0. The number of carbonyl (C=O) groups is 1. The van der Waals surface area contributed by atoms with Crippen molar-refractivity contribution in [1.29, 1.82) is 0 Å². The minimum Gasteiger partial charge on any atom is -0.429 e. The Morgan fingerprint density at radius 2 is 2.04 bits per heavy atom. The fourth-order valence-electron chi connectivity index (χ4n) is 5.64. The molecule has 0 unspecified atom stereocenters. The summed E-state index contributed by atoms with van der Waals surface area (Å²) in [7, 11) is 0. The molecular weight excluding hydrogens is 288 g/mol. The number of fused-ring (bicyclic) bond motifs is 1. The highest BCUT2D eigenvalue weighted by atomic mass is 16.6. The Kier molecular flexibility index (Phi) is 4.20. The number of aliphatic hydroxyl groups is 1. The van der Waals surface area contributed by atoms with E-state index < -0.39 is 12.3 Å². The highest BCUT2D eigenvalue weighted by Gasteiger charge is 2.51. The lowest BCUT2D eigenvalue weighted by atomic mass is 9.48. The molecule has 0 spiro atoms. The maximum Gasteiger partial charge on any atom is 0.333 e. The van der Waals surface area contributed by atoms with Crippen LogP contribution in [0.5, 0.6) is 0 Å². The van der Waals surface area contributed by atoms with E-state index >= 15 is 0 Å².